The minimum absolute atomic E-state index is 0.345. The van der Waals surface area contributed by atoms with Crippen LogP contribution in [0.1, 0.15) is 54.4 Å². The van der Waals surface area contributed by atoms with E-state index in [0.717, 1.165) is 0 Å². The lowest BCUT2D eigenvalue weighted by molar-refractivity contribution is -0.118. The Morgan fingerprint density at radius 2 is 1.12 bits per heavy atom. The van der Waals surface area contributed by atoms with Crippen molar-refractivity contribution in [1.29, 1.82) is 0 Å². The van der Waals surface area contributed by atoms with Gasteiger partial charge in [0.05, 0.1) is 0 Å². The van der Waals surface area contributed by atoms with Crippen molar-refractivity contribution in [3.8, 4) is 0 Å². The Hall–Kier alpha value is -1.11. The molecule has 0 radical (unpaired) electrons. The molecule has 0 atom stereocenters. The molecule has 0 bridgehead atoms. The summed E-state index contributed by atoms with van der Waals surface area (Å²) in [6.07, 6.45) is 1.22. The number of ketones is 1. The summed E-state index contributed by atoms with van der Waals surface area (Å²) < 4.78 is 0. The van der Waals surface area contributed by atoms with Crippen molar-refractivity contribution in [3.05, 3.63) is 33.4 Å². The average Bonchev–Trinajstić information content (AvgIpc) is 2.15. The maximum absolute atomic E-state index is 11.8. The molecule has 1 aliphatic rings. The number of allylic oxidation sites excluding steroid dienone is 6. The lowest BCUT2D eigenvalue weighted by Gasteiger charge is -2.25. The Kier molecular flexibility index (Phi) is 3.90. The predicted octanol–water partition coefficient (Wildman–Crippen LogP) is 4.36. The molecule has 0 saturated heterocycles. The van der Waals surface area contributed by atoms with E-state index in [1.165, 1.54) is 33.4 Å². The van der Waals surface area contributed by atoms with Crippen molar-refractivity contribution in [2.24, 2.45) is 0 Å². The zero-order valence-electron chi connectivity index (χ0n) is 11.3. The summed E-state index contributed by atoms with van der Waals surface area (Å²) in [6, 6.07) is 0. The Bertz CT molecular complexity index is 373. The van der Waals surface area contributed by atoms with E-state index in [9.17, 15) is 4.79 Å². The highest BCUT2D eigenvalue weighted by molar-refractivity contribution is 5.89. The molecule has 0 amide bonds. The Balaban J connectivity index is 3.46. The predicted molar refractivity (Wildman–Crippen MR) is 69.4 cm³/mol. The molecule has 88 valence electrons. The van der Waals surface area contributed by atoms with Crippen LogP contribution >= 0.6 is 0 Å². The van der Waals surface area contributed by atoms with Gasteiger partial charge in [0.15, 0.2) is 0 Å². The third kappa shape index (κ3) is 2.52. The van der Waals surface area contributed by atoms with Gasteiger partial charge in [-0.2, -0.15) is 0 Å². The first kappa shape index (κ1) is 13.0. The molecule has 0 unspecified atom stereocenters. The van der Waals surface area contributed by atoms with Crippen LogP contribution in [0.5, 0.6) is 0 Å². The lowest BCUT2D eigenvalue weighted by Crippen LogP contribution is -2.15. The molecular weight excluding hydrogens is 196 g/mol. The van der Waals surface area contributed by atoms with Gasteiger partial charge in [-0.15, -0.1) is 0 Å². The number of carbonyl (C=O) groups excluding carboxylic acids is 1. The maximum Gasteiger partial charge on any atom is 0.141 e. The van der Waals surface area contributed by atoms with Crippen LogP contribution in [-0.2, 0) is 4.79 Å². The molecule has 0 aliphatic heterocycles. The molecule has 1 rings (SSSR count). The highest BCUT2D eigenvalue weighted by Gasteiger charge is 2.24. The zero-order valence-corrected chi connectivity index (χ0v) is 11.3. The smallest absolute Gasteiger partial charge is 0.141 e. The quantitative estimate of drug-likeness (QED) is 0.590. The third-order valence-corrected chi connectivity index (χ3v) is 3.06. The molecular formula is C15H22O. The number of carbonyl (C=O) groups is 1. The van der Waals surface area contributed by atoms with E-state index in [2.05, 4.69) is 41.5 Å². The van der Waals surface area contributed by atoms with Crippen LogP contribution in [0.3, 0.4) is 0 Å². The standard InChI is InChI=1S/C15H22O/c1-9(2)13-7-12(16)8-14(10(3)4)15(13)11(5)6/h7-8H2,1-6H3. The van der Waals surface area contributed by atoms with Gasteiger partial charge in [-0.3, -0.25) is 4.79 Å². The molecule has 1 fully saturated rings. The highest BCUT2D eigenvalue weighted by atomic mass is 16.1. The fraction of sp³-hybridized carbons (Fsp3) is 0.533. The first-order valence-electron chi connectivity index (χ1n) is 5.87. The van der Waals surface area contributed by atoms with Gasteiger partial charge in [0, 0.05) is 12.8 Å². The molecule has 1 heteroatoms. The summed E-state index contributed by atoms with van der Waals surface area (Å²) in [4.78, 5) is 11.8. The summed E-state index contributed by atoms with van der Waals surface area (Å²) in [6.45, 7) is 12.7. The fourth-order valence-electron chi connectivity index (χ4n) is 2.27. The van der Waals surface area contributed by atoms with Gasteiger partial charge in [0.25, 0.3) is 0 Å². The summed E-state index contributed by atoms with van der Waals surface area (Å²) in [5.41, 5.74) is 7.67. The molecule has 1 saturated carbocycles. The second-order valence-electron chi connectivity index (χ2n) is 5.22. The van der Waals surface area contributed by atoms with Crippen LogP contribution < -0.4 is 0 Å². The molecule has 16 heavy (non-hydrogen) atoms. The monoisotopic (exact) mass is 218 g/mol. The minimum atomic E-state index is 0.345. The SMILES string of the molecule is CC(C)=C1CC(=O)CC(=C(C)C)C1=C(C)C. The third-order valence-electron chi connectivity index (χ3n) is 3.06. The first-order chi connectivity index (χ1) is 7.34. The van der Waals surface area contributed by atoms with Crippen molar-refractivity contribution in [2.75, 3.05) is 0 Å². The van der Waals surface area contributed by atoms with Gasteiger partial charge in [-0.05, 0) is 58.3 Å². The van der Waals surface area contributed by atoms with Crippen molar-refractivity contribution in [2.45, 2.75) is 54.4 Å². The summed E-state index contributed by atoms with van der Waals surface area (Å²) in [7, 11) is 0. The Morgan fingerprint density at radius 3 is 1.38 bits per heavy atom. The maximum atomic E-state index is 11.8. The zero-order chi connectivity index (χ0) is 12.5. The largest absolute Gasteiger partial charge is 0.299 e. The Labute approximate surface area is 98.9 Å². The summed E-state index contributed by atoms with van der Waals surface area (Å²) in [5, 5.41) is 0. The molecule has 1 nitrogen and oxygen atoms in total. The van der Waals surface area contributed by atoms with E-state index in [-0.39, 0.29) is 0 Å². The van der Waals surface area contributed by atoms with E-state index < -0.39 is 0 Å². The van der Waals surface area contributed by atoms with Crippen LogP contribution in [0.2, 0.25) is 0 Å². The topological polar surface area (TPSA) is 17.1 Å². The van der Waals surface area contributed by atoms with Gasteiger partial charge < -0.3 is 0 Å². The van der Waals surface area contributed by atoms with E-state index in [4.69, 9.17) is 0 Å². The van der Waals surface area contributed by atoms with Crippen LogP contribution in [0, 0.1) is 0 Å². The molecule has 0 N–H and O–H groups in total. The normalized spacial score (nSPS) is 16.6. The van der Waals surface area contributed by atoms with Gasteiger partial charge in [-0.25, -0.2) is 0 Å². The second-order valence-corrected chi connectivity index (χ2v) is 5.22. The fourth-order valence-corrected chi connectivity index (χ4v) is 2.27. The number of Topliss-reactive ketones (excluding diaryl/α,β-unsaturated/α-hetero) is 1. The molecule has 0 aromatic carbocycles. The lowest BCUT2D eigenvalue weighted by atomic mass is 9.78. The summed E-state index contributed by atoms with van der Waals surface area (Å²) in [5.74, 6) is 0.345. The second kappa shape index (κ2) is 4.82. The van der Waals surface area contributed by atoms with E-state index in [1.54, 1.807) is 0 Å². The molecule has 1 aliphatic carbocycles. The van der Waals surface area contributed by atoms with Crippen molar-refractivity contribution < 1.29 is 4.79 Å². The van der Waals surface area contributed by atoms with Gasteiger partial charge in [0.2, 0.25) is 0 Å². The molecule has 0 aromatic heterocycles. The minimum Gasteiger partial charge on any atom is -0.299 e. The molecule has 0 aromatic rings. The number of hydrogen-bond donors (Lipinski definition) is 0. The first-order valence-corrected chi connectivity index (χ1v) is 5.87. The molecule has 0 heterocycles. The van der Waals surface area contributed by atoms with Gasteiger partial charge >= 0.3 is 0 Å². The number of rotatable bonds is 0. The van der Waals surface area contributed by atoms with Crippen molar-refractivity contribution >= 4 is 5.78 Å². The van der Waals surface area contributed by atoms with Crippen LogP contribution in [0.25, 0.3) is 0 Å². The van der Waals surface area contributed by atoms with E-state index in [1.807, 2.05) is 0 Å². The van der Waals surface area contributed by atoms with Crippen LogP contribution in [-0.4, -0.2) is 5.78 Å². The average molecular weight is 218 g/mol. The van der Waals surface area contributed by atoms with Crippen molar-refractivity contribution in [1.82, 2.24) is 0 Å². The highest BCUT2D eigenvalue weighted by Crippen LogP contribution is 2.37. The van der Waals surface area contributed by atoms with Gasteiger partial charge in [-0.1, -0.05) is 16.7 Å². The number of hydrogen-bond acceptors (Lipinski definition) is 1. The van der Waals surface area contributed by atoms with E-state index >= 15 is 0 Å². The Morgan fingerprint density at radius 1 is 0.750 bits per heavy atom. The van der Waals surface area contributed by atoms with Crippen LogP contribution in [0.4, 0.5) is 0 Å². The van der Waals surface area contributed by atoms with Crippen molar-refractivity contribution in [3.63, 3.8) is 0 Å². The summed E-state index contributed by atoms with van der Waals surface area (Å²) >= 11 is 0. The van der Waals surface area contributed by atoms with Crippen LogP contribution in [0.15, 0.2) is 33.4 Å². The van der Waals surface area contributed by atoms with Gasteiger partial charge in [0.1, 0.15) is 5.78 Å². The van der Waals surface area contributed by atoms with E-state index in [0.29, 0.717) is 18.6 Å². The molecule has 0 spiro atoms.